The summed E-state index contributed by atoms with van der Waals surface area (Å²) >= 11 is 11.7. The van der Waals surface area contributed by atoms with E-state index in [1.54, 1.807) is 44.0 Å². The molecule has 2 aliphatic rings. The van der Waals surface area contributed by atoms with Crippen molar-refractivity contribution in [1.29, 1.82) is 0 Å². The van der Waals surface area contributed by atoms with Crippen LogP contribution >= 0.6 is 23.2 Å². The minimum absolute atomic E-state index is 0.0272. The van der Waals surface area contributed by atoms with Gasteiger partial charge in [-0.05, 0) is 87.1 Å². The first-order chi connectivity index (χ1) is 24.6. The summed E-state index contributed by atoms with van der Waals surface area (Å²) in [6.45, 7) is 3.60. The number of pyridine rings is 4. The van der Waals surface area contributed by atoms with E-state index in [-0.39, 0.29) is 17.3 Å². The van der Waals surface area contributed by atoms with Crippen LogP contribution in [0.2, 0.25) is 10.0 Å². The summed E-state index contributed by atoms with van der Waals surface area (Å²) in [5.41, 5.74) is 8.90. The van der Waals surface area contributed by atoms with Gasteiger partial charge in [-0.1, -0.05) is 35.3 Å². The Morgan fingerprint density at radius 2 is 1.29 bits per heavy atom. The average Bonchev–Trinajstić information content (AvgIpc) is 4.05. The van der Waals surface area contributed by atoms with Gasteiger partial charge in [-0.25, -0.2) is 19.7 Å². The third-order valence-corrected chi connectivity index (χ3v) is 8.59. The summed E-state index contributed by atoms with van der Waals surface area (Å²) in [5, 5.41) is 28.3. The van der Waals surface area contributed by atoms with Gasteiger partial charge in [-0.3, -0.25) is 9.78 Å². The fourth-order valence-corrected chi connectivity index (χ4v) is 5.02. The molecule has 0 aromatic carbocycles. The second kappa shape index (κ2) is 15.4. The monoisotopic (exact) mass is 726 g/mol. The number of aryl methyl sites for hydroxylation is 2. The van der Waals surface area contributed by atoms with Gasteiger partial charge in [0.1, 0.15) is 47.1 Å². The van der Waals surface area contributed by atoms with Gasteiger partial charge in [0.15, 0.2) is 11.6 Å². The van der Waals surface area contributed by atoms with Gasteiger partial charge in [0, 0.05) is 34.5 Å². The number of carbonyl (C=O) groups is 2. The number of nitrogens with two attached hydrogens (primary N) is 1. The molecule has 15 nitrogen and oxygen atoms in total. The molecule has 6 heterocycles. The van der Waals surface area contributed by atoms with E-state index >= 15 is 0 Å². The normalized spacial score (nSPS) is 13.3. The first-order valence-corrected chi connectivity index (χ1v) is 16.6. The molecule has 4 N–H and O–H groups in total. The van der Waals surface area contributed by atoms with Gasteiger partial charge in [-0.2, -0.15) is 0 Å². The van der Waals surface area contributed by atoms with Gasteiger partial charge in [0.05, 0.1) is 0 Å². The van der Waals surface area contributed by atoms with Crippen LogP contribution in [-0.4, -0.2) is 66.4 Å². The van der Waals surface area contributed by atoms with Crippen molar-refractivity contribution in [2.24, 2.45) is 0 Å². The molecule has 17 heteroatoms. The molecular weight excluding hydrogens is 695 g/mol. The lowest BCUT2D eigenvalue weighted by atomic mass is 10.2. The number of nitrogens with one attached hydrogen (secondary N) is 1. The molecule has 0 spiro atoms. The predicted molar refractivity (Wildman–Crippen MR) is 190 cm³/mol. The van der Waals surface area contributed by atoms with Crippen LogP contribution in [0.3, 0.4) is 0 Å². The highest BCUT2D eigenvalue weighted by atomic mass is 35.5. The Hall–Kier alpha value is -5.80. The zero-order chi connectivity index (χ0) is 36.1. The maximum atomic E-state index is 12.4. The molecule has 51 heavy (non-hydrogen) atoms. The van der Waals surface area contributed by atoms with Crippen molar-refractivity contribution < 1.29 is 14.7 Å². The van der Waals surface area contributed by atoms with E-state index < -0.39 is 5.97 Å². The lowest BCUT2D eigenvalue weighted by molar-refractivity contribution is 0.0690. The topological polar surface area (TPSA) is 205 Å². The van der Waals surface area contributed by atoms with E-state index in [1.807, 2.05) is 35.8 Å². The van der Waals surface area contributed by atoms with Crippen molar-refractivity contribution in [2.75, 3.05) is 11.1 Å². The van der Waals surface area contributed by atoms with Gasteiger partial charge in [-0.15, -0.1) is 20.4 Å². The highest BCUT2D eigenvalue weighted by Crippen LogP contribution is 2.38. The maximum absolute atomic E-state index is 12.4. The lowest BCUT2D eigenvalue weighted by Crippen LogP contribution is -2.15. The molecule has 0 unspecified atom stereocenters. The van der Waals surface area contributed by atoms with Crippen molar-refractivity contribution >= 4 is 46.7 Å². The molecule has 2 saturated carbocycles. The maximum Gasteiger partial charge on any atom is 0.354 e. The summed E-state index contributed by atoms with van der Waals surface area (Å²) < 4.78 is 4.09. The largest absolute Gasteiger partial charge is 0.477 e. The number of hydrogen-bond acceptors (Lipinski definition) is 11. The number of carboxylic acid groups (broad SMARTS) is 1. The Bertz CT molecular complexity index is 2200. The van der Waals surface area contributed by atoms with E-state index in [4.69, 9.17) is 34.0 Å². The number of hydrogen-bond donors (Lipinski definition) is 3. The number of nitrogens with zero attached hydrogens (tertiary/aromatic N) is 10. The molecule has 8 rings (SSSR count). The van der Waals surface area contributed by atoms with Gasteiger partial charge in [0.2, 0.25) is 0 Å². The van der Waals surface area contributed by atoms with Crippen LogP contribution in [0.25, 0.3) is 23.0 Å². The molecule has 6 aromatic rings. The van der Waals surface area contributed by atoms with Crippen LogP contribution in [0, 0.1) is 13.8 Å². The van der Waals surface area contributed by atoms with E-state index in [2.05, 4.69) is 50.2 Å². The molecule has 6 aromatic heterocycles. The molecule has 2 aliphatic carbocycles. The lowest BCUT2D eigenvalue weighted by Gasteiger charge is -2.08. The standard InChI is InChI=1S/C17H15ClN6O.C10H11N5.C7H6ClNO2/c1-10-8-19-14(7-12(10)18)17(25)22-15-4-2-3-13(21-15)16-23-20-9-24(16)11-5-6-11;11-9-3-1-2-8(13-9)10-14-12-6-15(10)7-4-5-7;1-4-3-9-6(7(10)11)2-5(4)8/h2-4,7-9,11H,5-6H2,1H3,(H,21,22,25);1-3,6-7H,4-5H2,(H2,11,13);2-3H,1H3,(H,10,11). The Morgan fingerprint density at radius 3 is 1.80 bits per heavy atom. The van der Waals surface area contributed by atoms with Crippen LogP contribution in [0.5, 0.6) is 0 Å². The van der Waals surface area contributed by atoms with Crippen molar-refractivity contribution in [3.05, 3.63) is 106 Å². The highest BCUT2D eigenvalue weighted by Gasteiger charge is 2.28. The van der Waals surface area contributed by atoms with Crippen LogP contribution in [0.1, 0.15) is 69.9 Å². The Labute approximate surface area is 302 Å². The van der Waals surface area contributed by atoms with E-state index in [9.17, 15) is 9.59 Å². The molecular formula is C34H32Cl2N12O3. The second-order valence-corrected chi connectivity index (χ2v) is 12.7. The number of carbonyl (C=O) groups excluding carboxylic acids is 1. The average molecular weight is 728 g/mol. The smallest absolute Gasteiger partial charge is 0.354 e. The molecule has 0 bridgehead atoms. The fraction of sp³-hybridized carbons (Fsp3) is 0.235. The van der Waals surface area contributed by atoms with Crippen molar-refractivity contribution in [1.82, 2.24) is 49.5 Å². The third-order valence-electron chi connectivity index (χ3n) is 7.77. The molecule has 0 saturated heterocycles. The van der Waals surface area contributed by atoms with Gasteiger partial charge in [0.25, 0.3) is 5.91 Å². The van der Waals surface area contributed by atoms with Crippen molar-refractivity contribution in [3.8, 4) is 23.0 Å². The van der Waals surface area contributed by atoms with Gasteiger partial charge < -0.3 is 25.3 Å². The first-order valence-electron chi connectivity index (χ1n) is 15.9. The number of rotatable bonds is 7. The minimum atomic E-state index is -1.06. The van der Waals surface area contributed by atoms with Gasteiger partial charge >= 0.3 is 5.97 Å². The van der Waals surface area contributed by atoms with Crippen LogP contribution in [-0.2, 0) is 0 Å². The van der Waals surface area contributed by atoms with Crippen LogP contribution in [0.15, 0.2) is 73.6 Å². The molecule has 0 radical (unpaired) electrons. The summed E-state index contributed by atoms with van der Waals surface area (Å²) in [6, 6.07) is 14.8. The summed E-state index contributed by atoms with van der Waals surface area (Å²) in [7, 11) is 0. The number of aromatic nitrogens is 10. The quantitative estimate of drug-likeness (QED) is 0.166. The SMILES string of the molecule is Cc1cnc(C(=O)Nc2cccc(-c3nncn3C3CC3)n2)cc1Cl.Cc1cnc(C(=O)O)cc1Cl.Nc1cccc(-c2nncn2C2CC2)n1. The second-order valence-electron chi connectivity index (χ2n) is 11.8. The van der Waals surface area contributed by atoms with Crippen molar-refractivity contribution in [2.45, 2.75) is 51.6 Å². The Balaban J connectivity index is 0.000000146. The molecule has 2 fully saturated rings. The Morgan fingerprint density at radius 1 is 0.784 bits per heavy atom. The number of anilines is 2. The fourth-order valence-electron chi connectivity index (χ4n) is 4.72. The highest BCUT2D eigenvalue weighted by molar-refractivity contribution is 6.32. The number of carboxylic acids is 1. The molecule has 1 amide bonds. The zero-order valence-electron chi connectivity index (χ0n) is 27.5. The number of aromatic carboxylic acids is 1. The van der Waals surface area contributed by atoms with Crippen LogP contribution in [0.4, 0.5) is 11.6 Å². The Kier molecular flexibility index (Phi) is 10.6. The van der Waals surface area contributed by atoms with E-state index in [1.165, 1.54) is 25.1 Å². The number of amides is 1. The molecule has 0 atom stereocenters. The number of nitrogen functional groups attached to an aromatic ring is 1. The van der Waals surface area contributed by atoms with E-state index in [0.29, 0.717) is 45.3 Å². The summed E-state index contributed by atoms with van der Waals surface area (Å²) in [4.78, 5) is 39.2. The van der Waals surface area contributed by atoms with E-state index in [0.717, 1.165) is 35.5 Å². The minimum Gasteiger partial charge on any atom is -0.477 e. The summed E-state index contributed by atoms with van der Waals surface area (Å²) in [5.74, 6) is 1.02. The molecule has 260 valence electrons. The zero-order valence-corrected chi connectivity index (χ0v) is 29.0. The predicted octanol–water partition coefficient (Wildman–Crippen LogP) is 6.28. The number of halogens is 2. The van der Waals surface area contributed by atoms with Crippen molar-refractivity contribution in [3.63, 3.8) is 0 Å². The van der Waals surface area contributed by atoms with Crippen LogP contribution < -0.4 is 11.1 Å². The summed E-state index contributed by atoms with van der Waals surface area (Å²) in [6.07, 6.45) is 11.1. The first kappa shape index (κ1) is 35.0. The molecule has 0 aliphatic heterocycles. The third kappa shape index (κ3) is 8.87.